The van der Waals surface area contributed by atoms with E-state index in [-0.39, 0.29) is 11.8 Å². The van der Waals surface area contributed by atoms with Gasteiger partial charge in [0.1, 0.15) is 5.69 Å². The second-order valence-corrected chi connectivity index (χ2v) is 2.17. The normalized spacial score (nSPS) is 9.38. The van der Waals surface area contributed by atoms with Crippen molar-refractivity contribution in [3.8, 4) is 0 Å². The zero-order valence-electron chi connectivity index (χ0n) is 6.78. The predicted octanol–water partition coefficient (Wildman–Crippen LogP) is 0.820. The van der Waals surface area contributed by atoms with E-state index in [4.69, 9.17) is 0 Å². The Labute approximate surface area is 73.3 Å². The number of pyridine rings is 1. The van der Waals surface area contributed by atoms with Crippen LogP contribution < -0.4 is 0 Å². The van der Waals surface area contributed by atoms with Gasteiger partial charge in [-0.15, -0.1) is 0 Å². The van der Waals surface area contributed by atoms with Gasteiger partial charge < -0.3 is 4.74 Å². The number of aromatic nitrogens is 1. The molecule has 68 valence electrons. The molecule has 1 aromatic heterocycles. The van der Waals surface area contributed by atoms with E-state index in [0.717, 1.165) is 13.2 Å². The van der Waals surface area contributed by atoms with Crippen molar-refractivity contribution < 1.29 is 18.7 Å². The summed E-state index contributed by atoms with van der Waals surface area (Å²) in [7, 11) is 1.13. The predicted molar refractivity (Wildman–Crippen MR) is 40.9 cm³/mol. The maximum absolute atomic E-state index is 13.1. The van der Waals surface area contributed by atoms with Crippen molar-refractivity contribution in [2.75, 3.05) is 7.11 Å². The number of aldehydes is 1. The van der Waals surface area contributed by atoms with Crippen molar-refractivity contribution in [3.05, 3.63) is 29.3 Å². The molecule has 0 fully saturated rings. The van der Waals surface area contributed by atoms with Gasteiger partial charge >= 0.3 is 5.97 Å². The third-order valence-corrected chi connectivity index (χ3v) is 1.43. The fourth-order valence-electron chi connectivity index (χ4n) is 0.810. The number of ether oxygens (including phenoxy) is 1. The van der Waals surface area contributed by atoms with Crippen LogP contribution in [0.1, 0.15) is 20.8 Å². The third-order valence-electron chi connectivity index (χ3n) is 1.43. The van der Waals surface area contributed by atoms with Crippen LogP contribution in [0.5, 0.6) is 0 Å². The number of methoxy groups -OCH3 is 1. The molecule has 0 radical (unpaired) electrons. The second-order valence-electron chi connectivity index (χ2n) is 2.17. The lowest BCUT2D eigenvalue weighted by molar-refractivity contribution is 0.0595. The van der Waals surface area contributed by atoms with Gasteiger partial charge in [-0.1, -0.05) is 0 Å². The van der Waals surface area contributed by atoms with Crippen LogP contribution in [0, 0.1) is 5.82 Å². The monoisotopic (exact) mass is 183 g/mol. The Hall–Kier alpha value is -1.78. The Morgan fingerprint density at radius 2 is 2.38 bits per heavy atom. The highest BCUT2D eigenvalue weighted by atomic mass is 19.1. The topological polar surface area (TPSA) is 56.3 Å². The summed E-state index contributed by atoms with van der Waals surface area (Å²) in [5.41, 5.74) is -0.692. The summed E-state index contributed by atoms with van der Waals surface area (Å²) in [5.74, 6) is -1.78. The van der Waals surface area contributed by atoms with Crippen molar-refractivity contribution in [2.24, 2.45) is 0 Å². The molecule has 0 unspecified atom stereocenters. The van der Waals surface area contributed by atoms with Gasteiger partial charge in [0.2, 0.25) is 0 Å². The molecule has 0 spiro atoms. The maximum Gasteiger partial charge on any atom is 0.340 e. The van der Waals surface area contributed by atoms with E-state index in [0.29, 0.717) is 0 Å². The van der Waals surface area contributed by atoms with Crippen LogP contribution in [0.3, 0.4) is 0 Å². The molecule has 0 saturated carbocycles. The maximum atomic E-state index is 13.1. The van der Waals surface area contributed by atoms with Crippen LogP contribution in [0.15, 0.2) is 12.3 Å². The van der Waals surface area contributed by atoms with E-state index in [2.05, 4.69) is 9.72 Å². The quantitative estimate of drug-likeness (QED) is 0.503. The first kappa shape index (κ1) is 9.31. The fourth-order valence-corrected chi connectivity index (χ4v) is 0.810. The van der Waals surface area contributed by atoms with Crippen LogP contribution >= 0.6 is 0 Å². The number of esters is 1. The van der Waals surface area contributed by atoms with Gasteiger partial charge in [0.05, 0.1) is 12.7 Å². The van der Waals surface area contributed by atoms with Crippen molar-refractivity contribution in [2.45, 2.75) is 0 Å². The fraction of sp³-hybridized carbons (Fsp3) is 0.125. The minimum absolute atomic E-state index is 0.238. The van der Waals surface area contributed by atoms with E-state index < -0.39 is 17.5 Å². The van der Waals surface area contributed by atoms with Crippen molar-refractivity contribution in [3.63, 3.8) is 0 Å². The summed E-state index contributed by atoms with van der Waals surface area (Å²) in [5, 5.41) is 0. The van der Waals surface area contributed by atoms with Gasteiger partial charge in [-0.2, -0.15) is 0 Å². The number of rotatable bonds is 2. The van der Waals surface area contributed by atoms with Crippen molar-refractivity contribution in [1.29, 1.82) is 0 Å². The van der Waals surface area contributed by atoms with Crippen LogP contribution in [-0.2, 0) is 4.74 Å². The molecule has 1 aromatic rings. The van der Waals surface area contributed by atoms with Gasteiger partial charge in [-0.25, -0.2) is 9.18 Å². The first-order chi connectivity index (χ1) is 6.20. The molecule has 0 bridgehead atoms. The highest BCUT2D eigenvalue weighted by Gasteiger charge is 2.15. The lowest BCUT2D eigenvalue weighted by Crippen LogP contribution is -2.07. The summed E-state index contributed by atoms with van der Waals surface area (Å²) in [6, 6.07) is 1.15. The van der Waals surface area contributed by atoms with E-state index in [1.807, 2.05) is 0 Å². The number of carbonyl (C=O) groups excluding carboxylic acids is 2. The highest BCUT2D eigenvalue weighted by Crippen LogP contribution is 2.09. The van der Waals surface area contributed by atoms with Crippen molar-refractivity contribution >= 4 is 12.3 Å². The van der Waals surface area contributed by atoms with E-state index in [1.165, 1.54) is 6.20 Å². The zero-order valence-corrected chi connectivity index (χ0v) is 6.78. The molecule has 4 nitrogen and oxygen atoms in total. The summed E-state index contributed by atoms with van der Waals surface area (Å²) in [6.07, 6.45) is 1.40. The number of hydrogen-bond acceptors (Lipinski definition) is 4. The third kappa shape index (κ3) is 1.69. The molecule has 5 heteroatoms. The summed E-state index contributed by atoms with van der Waals surface area (Å²) >= 11 is 0. The Morgan fingerprint density at radius 1 is 1.69 bits per heavy atom. The minimum atomic E-state index is -0.954. The molecule has 1 heterocycles. The molecule has 0 atom stereocenters. The first-order valence-electron chi connectivity index (χ1n) is 3.38. The molecule has 0 saturated heterocycles. The summed E-state index contributed by atoms with van der Waals surface area (Å²) < 4.78 is 17.4. The second kappa shape index (κ2) is 3.75. The van der Waals surface area contributed by atoms with Crippen molar-refractivity contribution in [1.82, 2.24) is 4.98 Å². The standard InChI is InChI=1S/C8H6FNO3/c1-13-8(12)5-2-3-10-6(4-11)7(5)9/h2-4H,1H3. The lowest BCUT2D eigenvalue weighted by Gasteiger charge is -2.00. The molecule has 0 aliphatic heterocycles. The Bertz CT molecular complexity index is 351. The molecule has 0 aliphatic rings. The molecular formula is C8H6FNO3. The van der Waals surface area contributed by atoms with Gasteiger partial charge in [0.25, 0.3) is 0 Å². The summed E-state index contributed by atoms with van der Waals surface area (Å²) in [6.45, 7) is 0. The molecule has 0 N–H and O–H groups in total. The number of hydrogen-bond donors (Lipinski definition) is 0. The van der Waals surface area contributed by atoms with E-state index in [1.54, 1.807) is 0 Å². The van der Waals surface area contributed by atoms with Gasteiger partial charge in [-0.3, -0.25) is 9.78 Å². The molecule has 0 amide bonds. The zero-order chi connectivity index (χ0) is 9.84. The minimum Gasteiger partial charge on any atom is -0.465 e. The Kier molecular flexibility index (Phi) is 2.69. The van der Waals surface area contributed by atoms with Gasteiger partial charge in [0, 0.05) is 6.20 Å². The highest BCUT2D eigenvalue weighted by molar-refractivity contribution is 5.91. The van der Waals surface area contributed by atoms with E-state index >= 15 is 0 Å². The number of carbonyl (C=O) groups is 2. The van der Waals surface area contributed by atoms with Crippen LogP contribution in [-0.4, -0.2) is 24.3 Å². The molecule has 13 heavy (non-hydrogen) atoms. The first-order valence-corrected chi connectivity index (χ1v) is 3.38. The molecule has 0 aromatic carbocycles. The van der Waals surface area contributed by atoms with Crippen LogP contribution in [0.4, 0.5) is 4.39 Å². The lowest BCUT2D eigenvalue weighted by atomic mass is 10.2. The average Bonchev–Trinajstić information content (AvgIpc) is 2.17. The van der Waals surface area contributed by atoms with Crippen LogP contribution in [0.25, 0.3) is 0 Å². The SMILES string of the molecule is COC(=O)c1ccnc(C=O)c1F. The number of nitrogens with zero attached hydrogens (tertiary/aromatic N) is 1. The number of halogens is 1. The molecule has 1 rings (SSSR count). The van der Waals surface area contributed by atoms with E-state index in [9.17, 15) is 14.0 Å². The Balaban J connectivity index is 3.23. The molecule has 0 aliphatic carbocycles. The molecular weight excluding hydrogens is 177 g/mol. The van der Waals surface area contributed by atoms with Gasteiger partial charge in [0.15, 0.2) is 12.1 Å². The Morgan fingerprint density at radius 3 is 2.92 bits per heavy atom. The average molecular weight is 183 g/mol. The van der Waals surface area contributed by atoms with Gasteiger partial charge in [-0.05, 0) is 6.07 Å². The van der Waals surface area contributed by atoms with Crippen LogP contribution in [0.2, 0.25) is 0 Å². The largest absolute Gasteiger partial charge is 0.465 e. The smallest absolute Gasteiger partial charge is 0.340 e. The summed E-state index contributed by atoms with van der Waals surface area (Å²) in [4.78, 5) is 24.6.